The number of aromatic hydroxyl groups is 1. The third-order valence-electron chi connectivity index (χ3n) is 5.25. The van der Waals surface area contributed by atoms with Gasteiger partial charge in [-0.2, -0.15) is 0 Å². The molecule has 2 aromatic rings. The SMILES string of the molecule is Oc1ccc(-c2ccccn2)cc1CNC1CN2CCC1CC2. The lowest BCUT2D eigenvalue weighted by molar-refractivity contribution is 0.0719. The molecule has 0 spiro atoms. The smallest absolute Gasteiger partial charge is 0.120 e. The summed E-state index contributed by atoms with van der Waals surface area (Å²) in [5, 5.41) is 13.8. The third-order valence-corrected chi connectivity index (χ3v) is 5.25. The number of hydrogen-bond acceptors (Lipinski definition) is 4. The zero-order valence-corrected chi connectivity index (χ0v) is 13.3. The summed E-state index contributed by atoms with van der Waals surface area (Å²) in [5.41, 5.74) is 2.94. The van der Waals surface area contributed by atoms with Crippen LogP contribution >= 0.6 is 0 Å². The molecule has 0 saturated carbocycles. The number of nitrogens with zero attached hydrogens (tertiary/aromatic N) is 2. The Morgan fingerprint density at radius 3 is 2.74 bits per heavy atom. The second-order valence-electron chi connectivity index (χ2n) is 6.68. The van der Waals surface area contributed by atoms with Crippen LogP contribution in [0.4, 0.5) is 0 Å². The lowest BCUT2D eigenvalue weighted by atomic mass is 9.84. The van der Waals surface area contributed by atoms with Crippen molar-refractivity contribution in [2.75, 3.05) is 19.6 Å². The molecule has 23 heavy (non-hydrogen) atoms. The maximum atomic E-state index is 10.2. The van der Waals surface area contributed by atoms with Gasteiger partial charge in [-0.1, -0.05) is 6.07 Å². The second-order valence-corrected chi connectivity index (χ2v) is 6.68. The molecule has 4 nitrogen and oxygen atoms in total. The van der Waals surface area contributed by atoms with Crippen LogP contribution in [0, 0.1) is 5.92 Å². The maximum Gasteiger partial charge on any atom is 0.120 e. The Kier molecular flexibility index (Phi) is 4.02. The van der Waals surface area contributed by atoms with E-state index in [0.29, 0.717) is 18.3 Å². The Hall–Kier alpha value is -1.91. The van der Waals surface area contributed by atoms with Gasteiger partial charge in [0.15, 0.2) is 0 Å². The highest BCUT2D eigenvalue weighted by Crippen LogP contribution is 2.29. The average Bonchev–Trinajstić information content (AvgIpc) is 2.63. The lowest BCUT2D eigenvalue weighted by Crippen LogP contribution is -2.55. The number of phenolic OH excluding ortho intramolecular Hbond substituents is 1. The first-order chi connectivity index (χ1) is 11.3. The van der Waals surface area contributed by atoms with Crippen LogP contribution < -0.4 is 5.32 Å². The van der Waals surface area contributed by atoms with E-state index >= 15 is 0 Å². The molecule has 3 aliphatic heterocycles. The van der Waals surface area contributed by atoms with E-state index in [2.05, 4.69) is 15.2 Å². The monoisotopic (exact) mass is 309 g/mol. The van der Waals surface area contributed by atoms with Gasteiger partial charge in [0.1, 0.15) is 5.75 Å². The molecule has 1 aromatic heterocycles. The molecular weight excluding hydrogens is 286 g/mol. The number of phenols is 1. The first-order valence-corrected chi connectivity index (χ1v) is 8.48. The van der Waals surface area contributed by atoms with Gasteiger partial charge >= 0.3 is 0 Å². The van der Waals surface area contributed by atoms with Crippen molar-refractivity contribution in [2.45, 2.75) is 25.4 Å². The highest BCUT2D eigenvalue weighted by atomic mass is 16.3. The maximum absolute atomic E-state index is 10.2. The molecule has 2 N–H and O–H groups in total. The van der Waals surface area contributed by atoms with Crippen molar-refractivity contribution in [3.8, 4) is 17.0 Å². The molecule has 3 saturated heterocycles. The van der Waals surface area contributed by atoms with Gasteiger partial charge in [-0.15, -0.1) is 0 Å². The van der Waals surface area contributed by atoms with Crippen molar-refractivity contribution < 1.29 is 5.11 Å². The van der Waals surface area contributed by atoms with E-state index in [4.69, 9.17) is 0 Å². The fourth-order valence-corrected chi connectivity index (χ4v) is 3.86. The van der Waals surface area contributed by atoms with Gasteiger partial charge in [0.2, 0.25) is 0 Å². The molecule has 1 atom stereocenters. The molecule has 1 aromatic carbocycles. The summed E-state index contributed by atoms with van der Waals surface area (Å²) in [6.45, 7) is 4.36. The minimum atomic E-state index is 0.360. The molecule has 2 bridgehead atoms. The minimum Gasteiger partial charge on any atom is -0.508 e. The Morgan fingerprint density at radius 2 is 2.04 bits per heavy atom. The quantitative estimate of drug-likeness (QED) is 0.911. The first-order valence-electron chi connectivity index (χ1n) is 8.48. The van der Waals surface area contributed by atoms with Crippen LogP contribution in [0.25, 0.3) is 11.3 Å². The van der Waals surface area contributed by atoms with Crippen molar-refractivity contribution in [3.63, 3.8) is 0 Å². The molecule has 0 radical (unpaired) electrons. The van der Waals surface area contributed by atoms with Crippen molar-refractivity contribution in [1.29, 1.82) is 0 Å². The van der Waals surface area contributed by atoms with Crippen molar-refractivity contribution >= 4 is 0 Å². The summed E-state index contributed by atoms with van der Waals surface area (Å²) >= 11 is 0. The van der Waals surface area contributed by atoms with Crippen molar-refractivity contribution in [2.24, 2.45) is 5.92 Å². The Labute approximate surface area is 137 Å². The normalized spacial score (nSPS) is 26.3. The zero-order valence-electron chi connectivity index (χ0n) is 13.3. The van der Waals surface area contributed by atoms with E-state index in [-0.39, 0.29) is 0 Å². The molecule has 1 unspecified atom stereocenters. The number of benzene rings is 1. The van der Waals surface area contributed by atoms with E-state index in [9.17, 15) is 5.11 Å². The molecule has 5 rings (SSSR count). The summed E-state index contributed by atoms with van der Waals surface area (Å²) in [6, 6.07) is 12.2. The summed E-state index contributed by atoms with van der Waals surface area (Å²) in [4.78, 5) is 6.94. The third kappa shape index (κ3) is 3.09. The van der Waals surface area contributed by atoms with E-state index in [1.807, 2.05) is 30.3 Å². The van der Waals surface area contributed by atoms with Gasteiger partial charge < -0.3 is 15.3 Å². The average molecular weight is 309 g/mol. The number of rotatable bonds is 4. The highest BCUT2D eigenvalue weighted by molar-refractivity contribution is 5.61. The molecule has 3 fully saturated rings. The van der Waals surface area contributed by atoms with E-state index in [0.717, 1.165) is 29.3 Å². The lowest BCUT2D eigenvalue weighted by Gasteiger charge is -2.45. The fraction of sp³-hybridized carbons (Fsp3) is 0.421. The predicted octanol–water partition coefficient (Wildman–Crippen LogP) is 2.64. The zero-order chi connectivity index (χ0) is 15.6. The molecule has 0 aliphatic carbocycles. The Morgan fingerprint density at radius 1 is 1.17 bits per heavy atom. The second kappa shape index (κ2) is 6.30. The molecular formula is C19H23N3O. The van der Waals surface area contributed by atoms with Gasteiger partial charge in [-0.3, -0.25) is 4.98 Å². The van der Waals surface area contributed by atoms with Gasteiger partial charge in [0.05, 0.1) is 5.69 Å². The van der Waals surface area contributed by atoms with Crippen LogP contribution in [-0.4, -0.2) is 40.7 Å². The van der Waals surface area contributed by atoms with Crippen LogP contribution in [0.3, 0.4) is 0 Å². The first kappa shape index (κ1) is 14.7. The van der Waals surface area contributed by atoms with Crippen LogP contribution in [0.15, 0.2) is 42.6 Å². The number of nitrogens with one attached hydrogen (secondary N) is 1. The minimum absolute atomic E-state index is 0.360. The van der Waals surface area contributed by atoms with Crippen LogP contribution in [0.2, 0.25) is 0 Å². The Balaban J connectivity index is 1.48. The fourth-order valence-electron chi connectivity index (χ4n) is 3.86. The van der Waals surface area contributed by atoms with Crippen LogP contribution in [0.5, 0.6) is 5.75 Å². The van der Waals surface area contributed by atoms with Crippen molar-refractivity contribution in [3.05, 3.63) is 48.2 Å². The topological polar surface area (TPSA) is 48.4 Å². The van der Waals surface area contributed by atoms with E-state index in [1.54, 1.807) is 12.3 Å². The number of fused-ring (bicyclic) bond motifs is 3. The van der Waals surface area contributed by atoms with Crippen LogP contribution in [0.1, 0.15) is 18.4 Å². The largest absolute Gasteiger partial charge is 0.508 e. The molecule has 120 valence electrons. The molecule has 4 heteroatoms. The number of hydrogen-bond donors (Lipinski definition) is 2. The summed E-state index contributed by atoms with van der Waals surface area (Å²) < 4.78 is 0. The summed E-state index contributed by atoms with van der Waals surface area (Å²) in [7, 11) is 0. The highest BCUT2D eigenvalue weighted by Gasteiger charge is 2.33. The molecule has 4 heterocycles. The standard InChI is InChI=1S/C19H23N3O/c23-19-5-4-15(17-3-1-2-8-20-17)11-16(19)12-21-18-13-22-9-6-14(18)7-10-22/h1-5,8,11,14,18,21,23H,6-7,9-10,12-13H2. The molecule has 3 aliphatic rings. The van der Waals surface area contributed by atoms with Gasteiger partial charge in [0.25, 0.3) is 0 Å². The van der Waals surface area contributed by atoms with Gasteiger partial charge in [0, 0.05) is 36.5 Å². The van der Waals surface area contributed by atoms with Crippen molar-refractivity contribution in [1.82, 2.24) is 15.2 Å². The number of pyridine rings is 1. The number of piperidine rings is 3. The van der Waals surface area contributed by atoms with Crippen LogP contribution in [-0.2, 0) is 6.54 Å². The van der Waals surface area contributed by atoms with Gasteiger partial charge in [-0.05, 0) is 62.2 Å². The van der Waals surface area contributed by atoms with Gasteiger partial charge in [-0.25, -0.2) is 0 Å². The van der Waals surface area contributed by atoms with E-state index in [1.165, 1.54) is 25.9 Å². The summed E-state index contributed by atoms with van der Waals surface area (Å²) in [5.74, 6) is 1.15. The molecule has 0 amide bonds. The Bertz CT molecular complexity index is 666. The summed E-state index contributed by atoms with van der Waals surface area (Å²) in [6.07, 6.45) is 4.41. The predicted molar refractivity (Wildman–Crippen MR) is 91.1 cm³/mol. The van der Waals surface area contributed by atoms with E-state index < -0.39 is 0 Å². The number of aromatic nitrogens is 1.